The number of nitrogens with zero attached hydrogens (tertiary/aromatic N) is 1. The number of likely N-dealkylation sites (N-methyl/N-ethyl adjacent to an activating group) is 1. The Morgan fingerprint density at radius 3 is 2.12 bits per heavy atom. The predicted molar refractivity (Wildman–Crippen MR) is 177 cm³/mol. The Labute approximate surface area is 244 Å². The first-order valence-corrected chi connectivity index (χ1v) is 14.7. The van der Waals surface area contributed by atoms with E-state index in [0.717, 1.165) is 6.42 Å². The molecule has 1 atom stereocenters. The molecule has 0 bridgehead atoms. The van der Waals surface area contributed by atoms with Crippen LogP contribution in [0.5, 0.6) is 0 Å². The molecule has 0 N–H and O–H groups in total. The summed E-state index contributed by atoms with van der Waals surface area (Å²) in [5.41, 5.74) is 10.8. The predicted octanol–water partition coefficient (Wildman–Crippen LogP) is 10.1. The highest BCUT2D eigenvalue weighted by atomic mass is 15.2. The van der Waals surface area contributed by atoms with Gasteiger partial charge in [0.2, 0.25) is 0 Å². The lowest BCUT2D eigenvalue weighted by atomic mass is 9.74. The van der Waals surface area contributed by atoms with E-state index >= 15 is 0 Å². The monoisotopic (exact) mass is 531 g/mol. The second-order valence-electron chi connectivity index (χ2n) is 12.6. The Kier molecular flexibility index (Phi) is 5.84. The normalized spacial score (nSPS) is 20.5. The SMILES string of the molecule is CC1=C(/C=C/C=C2/N(C)c3cc4ccccc4cc3C2(C)C)C(C)(Cc2ccccc2)c2ccc3ccccc3c21. The topological polar surface area (TPSA) is 3.24 Å². The zero-order valence-corrected chi connectivity index (χ0v) is 24.7. The molecule has 1 aliphatic heterocycles. The highest BCUT2D eigenvalue weighted by molar-refractivity contribution is 5.99. The summed E-state index contributed by atoms with van der Waals surface area (Å²) in [6, 6.07) is 37.9. The minimum atomic E-state index is -0.114. The number of anilines is 1. The molecule has 0 amide bonds. The molecule has 1 heterocycles. The fourth-order valence-corrected chi connectivity index (χ4v) is 7.58. The first kappa shape index (κ1) is 25.6. The van der Waals surface area contributed by atoms with Crippen LogP contribution >= 0.6 is 0 Å². The van der Waals surface area contributed by atoms with Crippen molar-refractivity contribution in [1.29, 1.82) is 0 Å². The van der Waals surface area contributed by atoms with Crippen molar-refractivity contribution in [3.05, 3.63) is 155 Å². The number of hydrogen-bond acceptors (Lipinski definition) is 1. The van der Waals surface area contributed by atoms with Crippen molar-refractivity contribution in [2.75, 3.05) is 11.9 Å². The van der Waals surface area contributed by atoms with Gasteiger partial charge in [-0.05, 0) is 86.5 Å². The van der Waals surface area contributed by atoms with Gasteiger partial charge < -0.3 is 4.90 Å². The first-order valence-electron chi connectivity index (χ1n) is 14.7. The molecule has 7 rings (SSSR count). The average molecular weight is 532 g/mol. The number of allylic oxidation sites excluding steroid dienone is 6. The van der Waals surface area contributed by atoms with E-state index in [1.165, 1.54) is 66.3 Å². The Morgan fingerprint density at radius 2 is 1.37 bits per heavy atom. The molecule has 1 heteroatoms. The van der Waals surface area contributed by atoms with Crippen molar-refractivity contribution in [2.24, 2.45) is 0 Å². The Bertz CT molecular complexity index is 1920. The number of hydrogen-bond donors (Lipinski definition) is 0. The van der Waals surface area contributed by atoms with E-state index < -0.39 is 0 Å². The van der Waals surface area contributed by atoms with Crippen LogP contribution in [0.2, 0.25) is 0 Å². The van der Waals surface area contributed by atoms with Crippen molar-refractivity contribution < 1.29 is 0 Å². The van der Waals surface area contributed by atoms with Crippen LogP contribution in [0.15, 0.2) is 133 Å². The van der Waals surface area contributed by atoms with Crippen molar-refractivity contribution in [3.63, 3.8) is 0 Å². The molecule has 2 aliphatic rings. The van der Waals surface area contributed by atoms with E-state index in [-0.39, 0.29) is 10.8 Å². The zero-order valence-electron chi connectivity index (χ0n) is 24.7. The molecule has 0 radical (unpaired) electrons. The molecule has 1 unspecified atom stereocenters. The highest BCUT2D eigenvalue weighted by Gasteiger charge is 2.40. The Hall–Kier alpha value is -4.36. The van der Waals surface area contributed by atoms with Gasteiger partial charge in [0, 0.05) is 29.3 Å². The lowest BCUT2D eigenvalue weighted by Gasteiger charge is -2.29. The summed E-state index contributed by atoms with van der Waals surface area (Å²) in [7, 11) is 2.21. The fraction of sp³-hybridized carbons (Fsp3) is 0.200. The quantitative estimate of drug-likeness (QED) is 0.223. The van der Waals surface area contributed by atoms with E-state index in [1.54, 1.807) is 0 Å². The van der Waals surface area contributed by atoms with E-state index in [2.05, 4.69) is 161 Å². The Morgan fingerprint density at radius 1 is 0.707 bits per heavy atom. The fourth-order valence-electron chi connectivity index (χ4n) is 7.58. The number of rotatable bonds is 4. The molecule has 1 aliphatic carbocycles. The summed E-state index contributed by atoms with van der Waals surface area (Å²) in [4.78, 5) is 2.38. The van der Waals surface area contributed by atoms with Crippen molar-refractivity contribution in [2.45, 2.75) is 44.9 Å². The van der Waals surface area contributed by atoms with Gasteiger partial charge in [-0.2, -0.15) is 0 Å². The highest BCUT2D eigenvalue weighted by Crippen LogP contribution is 2.52. The van der Waals surface area contributed by atoms with Crippen LogP contribution in [-0.2, 0) is 17.3 Å². The number of benzene rings is 5. The van der Waals surface area contributed by atoms with Gasteiger partial charge in [0.05, 0.1) is 0 Å². The lowest BCUT2D eigenvalue weighted by Crippen LogP contribution is -2.25. The molecule has 5 aromatic rings. The molecule has 1 nitrogen and oxygen atoms in total. The van der Waals surface area contributed by atoms with E-state index in [1.807, 2.05) is 0 Å². The van der Waals surface area contributed by atoms with Gasteiger partial charge in [-0.25, -0.2) is 0 Å². The van der Waals surface area contributed by atoms with Crippen LogP contribution in [0.3, 0.4) is 0 Å². The summed E-state index contributed by atoms with van der Waals surface area (Å²) in [5.74, 6) is 0. The summed E-state index contributed by atoms with van der Waals surface area (Å²) in [6.45, 7) is 9.46. The number of fused-ring (bicyclic) bond motifs is 5. The van der Waals surface area contributed by atoms with E-state index in [9.17, 15) is 0 Å². The minimum Gasteiger partial charge on any atom is -0.347 e. The van der Waals surface area contributed by atoms with Gasteiger partial charge in [0.25, 0.3) is 0 Å². The molecule has 0 aromatic heterocycles. The maximum absolute atomic E-state index is 2.43. The van der Waals surface area contributed by atoms with Crippen molar-refractivity contribution >= 4 is 32.8 Å². The van der Waals surface area contributed by atoms with Crippen LogP contribution in [0.25, 0.3) is 27.1 Å². The van der Waals surface area contributed by atoms with Gasteiger partial charge in [0.15, 0.2) is 0 Å². The third-order valence-corrected chi connectivity index (χ3v) is 9.71. The lowest BCUT2D eigenvalue weighted by molar-refractivity contribution is 0.578. The summed E-state index contributed by atoms with van der Waals surface area (Å²) >= 11 is 0. The minimum absolute atomic E-state index is 0.0793. The molecular formula is C40H37N. The van der Waals surface area contributed by atoms with Crippen LogP contribution in [-0.4, -0.2) is 7.05 Å². The molecule has 0 spiro atoms. The second-order valence-corrected chi connectivity index (χ2v) is 12.6. The molecular weight excluding hydrogens is 494 g/mol. The van der Waals surface area contributed by atoms with Gasteiger partial charge in [-0.3, -0.25) is 0 Å². The summed E-state index contributed by atoms with van der Waals surface area (Å²) in [5, 5.41) is 5.25. The standard InChI is InChI=1S/C40H37N/c1-27-33(20-13-21-37-39(2,3)35-24-30-17-9-10-18-31(30)25-36(35)41(37)5)40(4,26-28-14-7-6-8-15-28)34-23-22-29-16-11-12-19-32(29)38(27)34/h6-25H,26H2,1-5H3/b20-13+,37-21+. The van der Waals surface area contributed by atoms with Gasteiger partial charge in [0.1, 0.15) is 0 Å². The maximum atomic E-state index is 2.43. The van der Waals surface area contributed by atoms with Crippen LogP contribution in [0, 0.1) is 0 Å². The maximum Gasteiger partial charge on any atom is 0.0454 e. The van der Waals surface area contributed by atoms with Gasteiger partial charge >= 0.3 is 0 Å². The van der Waals surface area contributed by atoms with Crippen LogP contribution in [0.1, 0.15) is 49.9 Å². The first-order chi connectivity index (χ1) is 19.8. The second kappa shape index (κ2) is 9.35. The van der Waals surface area contributed by atoms with E-state index in [4.69, 9.17) is 0 Å². The molecule has 202 valence electrons. The van der Waals surface area contributed by atoms with Crippen molar-refractivity contribution in [3.8, 4) is 0 Å². The smallest absolute Gasteiger partial charge is 0.0454 e. The largest absolute Gasteiger partial charge is 0.347 e. The Balaban J connectivity index is 1.33. The molecule has 0 fully saturated rings. The average Bonchev–Trinajstić information content (AvgIpc) is 3.30. The zero-order chi connectivity index (χ0) is 28.4. The van der Waals surface area contributed by atoms with Crippen molar-refractivity contribution in [1.82, 2.24) is 0 Å². The molecule has 5 aromatic carbocycles. The molecule has 0 saturated carbocycles. The third-order valence-electron chi connectivity index (χ3n) is 9.71. The van der Waals surface area contributed by atoms with E-state index in [0.29, 0.717) is 0 Å². The molecule has 0 saturated heterocycles. The van der Waals surface area contributed by atoms with Crippen LogP contribution in [0.4, 0.5) is 5.69 Å². The summed E-state index contributed by atoms with van der Waals surface area (Å²) < 4.78 is 0. The van der Waals surface area contributed by atoms with Gasteiger partial charge in [-0.1, -0.05) is 124 Å². The summed E-state index contributed by atoms with van der Waals surface area (Å²) in [6.07, 6.45) is 8.00. The van der Waals surface area contributed by atoms with Gasteiger partial charge in [-0.15, -0.1) is 0 Å². The molecule has 41 heavy (non-hydrogen) atoms. The van der Waals surface area contributed by atoms with Crippen LogP contribution < -0.4 is 4.90 Å². The third kappa shape index (κ3) is 3.90.